The van der Waals surface area contributed by atoms with E-state index in [-0.39, 0.29) is 6.54 Å². The van der Waals surface area contributed by atoms with Crippen molar-refractivity contribution in [2.45, 2.75) is 33.1 Å². The van der Waals surface area contributed by atoms with Gasteiger partial charge in [-0.1, -0.05) is 12.1 Å². The number of hydrogen-bond acceptors (Lipinski definition) is 3. The first-order chi connectivity index (χ1) is 10.4. The smallest absolute Gasteiger partial charge is 0.419 e. The van der Waals surface area contributed by atoms with Gasteiger partial charge >= 0.3 is 6.18 Å². The number of nitrogens with two attached hydrogens (primary N) is 1. The molecule has 0 aliphatic rings. The monoisotopic (exact) mass is 332 g/mol. The third kappa shape index (κ3) is 5.15. The molecule has 0 radical (unpaired) electrons. The van der Waals surface area contributed by atoms with Crippen molar-refractivity contribution in [2.24, 2.45) is 11.1 Å². The summed E-state index contributed by atoms with van der Waals surface area (Å²) in [6, 6.07) is 4.62. The van der Waals surface area contributed by atoms with E-state index in [2.05, 4.69) is 5.32 Å². The van der Waals surface area contributed by atoms with Gasteiger partial charge in [0, 0.05) is 6.54 Å². The van der Waals surface area contributed by atoms with Crippen LogP contribution in [0.2, 0.25) is 0 Å². The fourth-order valence-electron chi connectivity index (χ4n) is 1.59. The van der Waals surface area contributed by atoms with Crippen LogP contribution in [0.1, 0.15) is 26.3 Å². The van der Waals surface area contributed by atoms with Crippen molar-refractivity contribution >= 4 is 11.8 Å². The summed E-state index contributed by atoms with van der Waals surface area (Å²) in [6.45, 7) is 4.36. The number of hydrogen-bond donors (Lipinski definition) is 2. The van der Waals surface area contributed by atoms with Crippen LogP contribution in [0, 0.1) is 5.41 Å². The Bertz CT molecular complexity index is 586. The zero-order valence-corrected chi connectivity index (χ0v) is 13.0. The van der Waals surface area contributed by atoms with Crippen molar-refractivity contribution in [2.75, 3.05) is 6.54 Å². The SMILES string of the molecule is CC(Oc1ccccc1C(F)(F)F)C(=O)NCC(C)(C)C(N)=O. The molecule has 1 unspecified atom stereocenters. The summed E-state index contributed by atoms with van der Waals surface area (Å²) in [5, 5.41) is 2.44. The van der Waals surface area contributed by atoms with E-state index in [1.165, 1.54) is 19.1 Å². The molecular weight excluding hydrogens is 313 g/mol. The summed E-state index contributed by atoms with van der Waals surface area (Å²) in [5.41, 5.74) is 3.24. The van der Waals surface area contributed by atoms with E-state index in [9.17, 15) is 22.8 Å². The van der Waals surface area contributed by atoms with Gasteiger partial charge in [0.1, 0.15) is 5.75 Å². The molecule has 3 N–H and O–H groups in total. The van der Waals surface area contributed by atoms with Crippen molar-refractivity contribution in [3.05, 3.63) is 29.8 Å². The number of alkyl halides is 3. The van der Waals surface area contributed by atoms with Gasteiger partial charge in [0.05, 0.1) is 11.0 Å². The van der Waals surface area contributed by atoms with Crippen molar-refractivity contribution in [3.8, 4) is 5.75 Å². The third-order valence-electron chi connectivity index (χ3n) is 3.24. The zero-order valence-electron chi connectivity index (χ0n) is 13.0. The molecule has 0 bridgehead atoms. The first-order valence-electron chi connectivity index (χ1n) is 6.85. The highest BCUT2D eigenvalue weighted by atomic mass is 19.4. The van der Waals surface area contributed by atoms with E-state index >= 15 is 0 Å². The van der Waals surface area contributed by atoms with E-state index in [1.54, 1.807) is 13.8 Å². The molecule has 1 aromatic rings. The predicted molar refractivity (Wildman–Crippen MR) is 77.5 cm³/mol. The molecule has 0 spiro atoms. The van der Waals surface area contributed by atoms with Gasteiger partial charge in [-0.3, -0.25) is 9.59 Å². The molecule has 1 rings (SSSR count). The number of amides is 2. The predicted octanol–water partition coefficient (Wildman–Crippen LogP) is 2.10. The van der Waals surface area contributed by atoms with Crippen LogP contribution < -0.4 is 15.8 Å². The molecule has 0 aromatic heterocycles. The highest BCUT2D eigenvalue weighted by molar-refractivity contribution is 5.83. The average molecular weight is 332 g/mol. The van der Waals surface area contributed by atoms with Gasteiger partial charge < -0.3 is 15.8 Å². The summed E-state index contributed by atoms with van der Waals surface area (Å²) in [7, 11) is 0. The van der Waals surface area contributed by atoms with Crippen LogP contribution in [0.5, 0.6) is 5.75 Å². The number of carbonyl (C=O) groups is 2. The minimum absolute atomic E-state index is 0.0458. The Hall–Kier alpha value is -2.25. The molecule has 8 heteroatoms. The Kier molecular flexibility index (Phi) is 5.63. The number of primary amides is 1. The summed E-state index contributed by atoms with van der Waals surface area (Å²) < 4.78 is 43.7. The maximum Gasteiger partial charge on any atom is 0.419 e. The van der Waals surface area contributed by atoms with Crippen molar-refractivity contribution < 1.29 is 27.5 Å². The lowest BCUT2D eigenvalue weighted by atomic mass is 9.93. The number of carbonyl (C=O) groups excluding carboxylic acids is 2. The van der Waals surface area contributed by atoms with Crippen LogP contribution in [0.25, 0.3) is 0 Å². The summed E-state index contributed by atoms with van der Waals surface area (Å²) in [4.78, 5) is 23.1. The normalized spacial score (nSPS) is 13.3. The summed E-state index contributed by atoms with van der Waals surface area (Å²) in [5.74, 6) is -1.68. The molecule has 0 saturated carbocycles. The van der Waals surface area contributed by atoms with Crippen molar-refractivity contribution in [1.29, 1.82) is 0 Å². The van der Waals surface area contributed by atoms with Crippen molar-refractivity contribution in [3.63, 3.8) is 0 Å². The van der Waals surface area contributed by atoms with Gasteiger partial charge in [0.15, 0.2) is 6.10 Å². The van der Waals surface area contributed by atoms with Crippen molar-refractivity contribution in [1.82, 2.24) is 5.32 Å². The van der Waals surface area contributed by atoms with Gasteiger partial charge in [-0.25, -0.2) is 0 Å². The van der Waals surface area contributed by atoms with Crippen LogP contribution >= 0.6 is 0 Å². The Morgan fingerprint density at radius 3 is 2.35 bits per heavy atom. The Labute approximate surface area is 132 Å². The van der Waals surface area contributed by atoms with Crippen LogP contribution in [-0.2, 0) is 15.8 Å². The molecule has 1 atom stereocenters. The minimum Gasteiger partial charge on any atom is -0.480 e. The quantitative estimate of drug-likeness (QED) is 0.837. The van der Waals surface area contributed by atoms with Crippen LogP contribution in [0.4, 0.5) is 13.2 Å². The molecular formula is C15H19F3N2O3. The maximum absolute atomic E-state index is 12.9. The van der Waals surface area contributed by atoms with E-state index in [4.69, 9.17) is 10.5 Å². The van der Waals surface area contributed by atoms with Crippen LogP contribution in [0.15, 0.2) is 24.3 Å². The largest absolute Gasteiger partial charge is 0.480 e. The average Bonchev–Trinajstić information content (AvgIpc) is 2.44. The lowest BCUT2D eigenvalue weighted by molar-refractivity contribution is -0.141. The zero-order chi connectivity index (χ0) is 17.8. The molecule has 1 aromatic carbocycles. The van der Waals surface area contributed by atoms with Crippen LogP contribution in [0.3, 0.4) is 0 Å². The first-order valence-corrected chi connectivity index (χ1v) is 6.85. The van der Waals surface area contributed by atoms with Crippen LogP contribution in [-0.4, -0.2) is 24.5 Å². The second-order valence-electron chi connectivity index (χ2n) is 5.72. The minimum atomic E-state index is -4.58. The molecule has 0 aliphatic carbocycles. The number of para-hydroxylation sites is 1. The lowest BCUT2D eigenvalue weighted by Gasteiger charge is -2.23. The molecule has 0 saturated heterocycles. The number of benzene rings is 1. The van der Waals surface area contributed by atoms with Gasteiger partial charge in [0.2, 0.25) is 5.91 Å². The number of halogens is 3. The molecule has 2 amide bonds. The Morgan fingerprint density at radius 2 is 1.83 bits per heavy atom. The van der Waals surface area contributed by atoms with Gasteiger partial charge in [-0.15, -0.1) is 0 Å². The highest BCUT2D eigenvalue weighted by Crippen LogP contribution is 2.36. The Morgan fingerprint density at radius 1 is 1.26 bits per heavy atom. The maximum atomic E-state index is 12.9. The van der Waals surface area contributed by atoms with Gasteiger partial charge in [-0.05, 0) is 32.9 Å². The second kappa shape index (κ2) is 6.89. The molecule has 23 heavy (non-hydrogen) atoms. The molecule has 128 valence electrons. The standard InChI is InChI=1S/C15H19F3N2O3/c1-9(12(21)20-8-14(2,3)13(19)22)23-11-7-5-4-6-10(11)15(16,17)18/h4-7,9H,8H2,1-3H3,(H2,19,22)(H,20,21). The van der Waals surface area contributed by atoms with Gasteiger partial charge in [0.25, 0.3) is 5.91 Å². The van der Waals surface area contributed by atoms with E-state index in [1.807, 2.05) is 0 Å². The van der Waals surface area contributed by atoms with E-state index in [0.717, 1.165) is 12.1 Å². The molecule has 0 heterocycles. The Balaban J connectivity index is 2.75. The molecule has 5 nitrogen and oxygen atoms in total. The van der Waals surface area contributed by atoms with E-state index < -0.39 is 40.8 Å². The first kappa shape index (κ1) is 18.8. The molecule has 0 aliphatic heterocycles. The van der Waals surface area contributed by atoms with Gasteiger partial charge in [-0.2, -0.15) is 13.2 Å². The molecule has 0 fully saturated rings. The number of ether oxygens (including phenoxy) is 1. The summed E-state index contributed by atoms with van der Waals surface area (Å²) >= 11 is 0. The summed E-state index contributed by atoms with van der Waals surface area (Å²) in [6.07, 6.45) is -5.75. The third-order valence-corrected chi connectivity index (χ3v) is 3.24. The second-order valence-corrected chi connectivity index (χ2v) is 5.72. The fourth-order valence-corrected chi connectivity index (χ4v) is 1.59. The topological polar surface area (TPSA) is 81.4 Å². The van der Waals surface area contributed by atoms with E-state index in [0.29, 0.717) is 0 Å². The number of rotatable bonds is 6. The number of nitrogens with one attached hydrogen (secondary N) is 1. The highest BCUT2D eigenvalue weighted by Gasteiger charge is 2.35. The lowest BCUT2D eigenvalue weighted by Crippen LogP contribution is -2.45. The fraction of sp³-hybridized carbons (Fsp3) is 0.467.